The minimum Gasteiger partial charge on any atom is -0.389 e. The molecule has 7 heteroatoms. The lowest BCUT2D eigenvalue weighted by Gasteiger charge is -2.10. The molecule has 0 amide bonds. The van der Waals surface area contributed by atoms with Crippen molar-refractivity contribution in [2.75, 3.05) is 23.1 Å². The van der Waals surface area contributed by atoms with E-state index in [2.05, 4.69) is 10.3 Å². The van der Waals surface area contributed by atoms with Crippen LogP contribution in [0.15, 0.2) is 6.20 Å². The van der Waals surface area contributed by atoms with Gasteiger partial charge in [0.05, 0.1) is 11.9 Å². The third kappa shape index (κ3) is 3.93. The summed E-state index contributed by atoms with van der Waals surface area (Å²) in [5.74, 6) is 0.0898. The number of nitrogens with one attached hydrogen (secondary N) is 1. The van der Waals surface area contributed by atoms with E-state index >= 15 is 0 Å². The number of sulfone groups is 1. The molecule has 1 atom stereocenters. The molecule has 0 aliphatic heterocycles. The largest absolute Gasteiger partial charge is 0.389 e. The lowest BCUT2D eigenvalue weighted by Crippen LogP contribution is -2.24. The van der Waals surface area contributed by atoms with Crippen molar-refractivity contribution in [3.05, 3.63) is 6.20 Å². The smallest absolute Gasteiger partial charge is 0.184 e. The van der Waals surface area contributed by atoms with E-state index in [0.29, 0.717) is 10.1 Å². The van der Waals surface area contributed by atoms with Crippen LogP contribution < -0.4 is 11.1 Å². The molecule has 1 aromatic heterocycles. The van der Waals surface area contributed by atoms with E-state index in [0.717, 1.165) is 0 Å². The van der Waals surface area contributed by atoms with Gasteiger partial charge in [0, 0.05) is 12.3 Å². The Kier molecular flexibility index (Phi) is 3.33. The summed E-state index contributed by atoms with van der Waals surface area (Å²) in [6.07, 6.45) is 2.75. The number of nitrogen functional groups attached to an aromatic ring is 1. The average Bonchev–Trinajstić information content (AvgIpc) is 2.30. The van der Waals surface area contributed by atoms with Crippen molar-refractivity contribution >= 4 is 31.3 Å². The molecule has 1 heterocycles. The summed E-state index contributed by atoms with van der Waals surface area (Å²) in [5.41, 5.74) is 5.48. The van der Waals surface area contributed by atoms with Crippen LogP contribution in [0.5, 0.6) is 0 Å². The molecule has 80 valence electrons. The number of nitrogens with zero attached hydrogens (tertiary/aromatic N) is 1. The molecule has 3 N–H and O–H groups in total. The summed E-state index contributed by atoms with van der Waals surface area (Å²) in [4.78, 5) is 3.97. The molecule has 0 bridgehead atoms. The molecule has 0 saturated heterocycles. The van der Waals surface area contributed by atoms with Gasteiger partial charge in [-0.2, -0.15) is 0 Å². The highest BCUT2D eigenvalue weighted by molar-refractivity contribution is 7.90. The van der Waals surface area contributed by atoms with Gasteiger partial charge in [0.25, 0.3) is 0 Å². The Labute approximate surface area is 87.3 Å². The first-order valence-corrected chi connectivity index (χ1v) is 6.90. The van der Waals surface area contributed by atoms with Crippen molar-refractivity contribution in [1.82, 2.24) is 4.98 Å². The van der Waals surface area contributed by atoms with Crippen molar-refractivity contribution in [2.45, 2.75) is 13.0 Å². The fourth-order valence-electron chi connectivity index (χ4n) is 1.06. The van der Waals surface area contributed by atoms with Gasteiger partial charge in [-0.3, -0.25) is 0 Å². The number of anilines is 2. The maximum absolute atomic E-state index is 11.0. The summed E-state index contributed by atoms with van der Waals surface area (Å²) in [5, 5.41) is 4.23. The molecule has 5 nitrogen and oxygen atoms in total. The van der Waals surface area contributed by atoms with E-state index in [-0.39, 0.29) is 11.8 Å². The van der Waals surface area contributed by atoms with Gasteiger partial charge in [0.1, 0.15) is 14.8 Å². The zero-order valence-electron chi connectivity index (χ0n) is 8.02. The topological polar surface area (TPSA) is 85.1 Å². The molecule has 0 radical (unpaired) electrons. The van der Waals surface area contributed by atoms with Crippen LogP contribution >= 0.6 is 11.3 Å². The second-order valence-corrected chi connectivity index (χ2v) is 6.45. The number of nitrogens with two attached hydrogens (primary N) is 1. The van der Waals surface area contributed by atoms with Crippen molar-refractivity contribution < 1.29 is 8.42 Å². The summed E-state index contributed by atoms with van der Waals surface area (Å²) < 4.78 is 21.9. The third-order valence-corrected chi connectivity index (χ3v) is 3.31. The van der Waals surface area contributed by atoms with Crippen molar-refractivity contribution in [3.8, 4) is 0 Å². The Balaban J connectivity index is 2.53. The van der Waals surface area contributed by atoms with Gasteiger partial charge in [0.15, 0.2) is 5.13 Å². The molecule has 0 aromatic carbocycles. The molecular weight excluding hydrogens is 222 g/mol. The molecule has 14 heavy (non-hydrogen) atoms. The monoisotopic (exact) mass is 235 g/mol. The molecule has 0 spiro atoms. The van der Waals surface area contributed by atoms with E-state index in [1.165, 1.54) is 17.6 Å². The zero-order chi connectivity index (χ0) is 10.8. The van der Waals surface area contributed by atoms with Crippen LogP contribution in [0.4, 0.5) is 10.1 Å². The van der Waals surface area contributed by atoms with E-state index < -0.39 is 9.84 Å². The second kappa shape index (κ2) is 4.14. The summed E-state index contributed by atoms with van der Waals surface area (Å²) in [6.45, 7) is 1.79. The minimum absolute atomic E-state index is 0.0898. The Morgan fingerprint density at radius 2 is 2.36 bits per heavy atom. The van der Waals surface area contributed by atoms with Crippen molar-refractivity contribution in [2.24, 2.45) is 0 Å². The Hall–Kier alpha value is -0.820. The number of hydrogen-bond acceptors (Lipinski definition) is 6. The van der Waals surface area contributed by atoms with Gasteiger partial charge in [-0.15, -0.1) is 0 Å². The summed E-state index contributed by atoms with van der Waals surface area (Å²) >= 11 is 1.30. The predicted molar refractivity (Wildman–Crippen MR) is 59.3 cm³/mol. The highest BCUT2D eigenvalue weighted by Crippen LogP contribution is 2.20. The first kappa shape index (κ1) is 11.3. The van der Waals surface area contributed by atoms with Crippen LogP contribution in [0.3, 0.4) is 0 Å². The van der Waals surface area contributed by atoms with Crippen LogP contribution in [0, 0.1) is 0 Å². The fraction of sp³-hybridized carbons (Fsp3) is 0.571. The number of rotatable bonds is 4. The van der Waals surface area contributed by atoms with Gasteiger partial charge in [-0.1, -0.05) is 11.3 Å². The standard InChI is InChI=1S/C7H13N3O2S2/c1-5(4-14(2,11)12)10-7-9-3-6(8)13-7/h3,5H,4,8H2,1-2H3,(H,9,10). The quantitative estimate of drug-likeness (QED) is 0.797. The molecule has 0 fully saturated rings. The molecular formula is C7H13N3O2S2. The highest BCUT2D eigenvalue weighted by Gasteiger charge is 2.11. The second-order valence-electron chi connectivity index (χ2n) is 3.21. The summed E-state index contributed by atoms with van der Waals surface area (Å²) in [7, 11) is -2.95. The molecule has 1 unspecified atom stereocenters. The SMILES string of the molecule is CC(CS(C)(=O)=O)Nc1ncc(N)s1. The number of hydrogen-bond donors (Lipinski definition) is 2. The molecule has 0 aliphatic rings. The van der Waals surface area contributed by atoms with Crippen LogP contribution in [-0.2, 0) is 9.84 Å². The lowest BCUT2D eigenvalue weighted by atomic mass is 10.4. The van der Waals surface area contributed by atoms with E-state index in [1.807, 2.05) is 0 Å². The Bertz CT molecular complexity index is 399. The molecule has 1 aromatic rings. The number of aromatic nitrogens is 1. The molecule has 0 aliphatic carbocycles. The number of thiazole rings is 1. The van der Waals surface area contributed by atoms with Gasteiger partial charge in [-0.25, -0.2) is 13.4 Å². The lowest BCUT2D eigenvalue weighted by molar-refractivity contribution is 0.598. The Morgan fingerprint density at radius 3 is 2.79 bits per heavy atom. The highest BCUT2D eigenvalue weighted by atomic mass is 32.2. The van der Waals surface area contributed by atoms with Crippen LogP contribution in [0.25, 0.3) is 0 Å². The summed E-state index contributed by atoms with van der Waals surface area (Å²) in [6, 6.07) is -0.157. The maximum atomic E-state index is 11.0. The fourth-order valence-corrected chi connectivity index (χ4v) is 2.75. The van der Waals surface area contributed by atoms with Gasteiger partial charge in [0.2, 0.25) is 0 Å². The van der Waals surface area contributed by atoms with Gasteiger partial charge in [-0.05, 0) is 6.92 Å². The Morgan fingerprint density at radius 1 is 1.71 bits per heavy atom. The third-order valence-electron chi connectivity index (χ3n) is 1.45. The van der Waals surface area contributed by atoms with Crippen LogP contribution in [0.2, 0.25) is 0 Å². The zero-order valence-corrected chi connectivity index (χ0v) is 9.65. The van der Waals surface area contributed by atoms with Crippen molar-refractivity contribution in [1.29, 1.82) is 0 Å². The first-order valence-electron chi connectivity index (χ1n) is 4.02. The van der Waals surface area contributed by atoms with Crippen molar-refractivity contribution in [3.63, 3.8) is 0 Å². The van der Waals surface area contributed by atoms with Crippen LogP contribution in [-0.4, -0.2) is 31.5 Å². The molecule has 0 saturated carbocycles. The van der Waals surface area contributed by atoms with Gasteiger partial charge < -0.3 is 11.1 Å². The van der Waals surface area contributed by atoms with E-state index in [9.17, 15) is 8.42 Å². The van der Waals surface area contributed by atoms with Crippen LogP contribution in [0.1, 0.15) is 6.92 Å². The average molecular weight is 235 g/mol. The molecule has 1 rings (SSSR count). The first-order chi connectivity index (χ1) is 6.37. The normalized spacial score (nSPS) is 13.9. The van der Waals surface area contributed by atoms with E-state index in [1.54, 1.807) is 13.1 Å². The predicted octanol–water partition coefficient (Wildman–Crippen LogP) is 0.570. The van der Waals surface area contributed by atoms with E-state index in [4.69, 9.17) is 5.73 Å². The maximum Gasteiger partial charge on any atom is 0.184 e. The van der Waals surface area contributed by atoms with Gasteiger partial charge >= 0.3 is 0 Å². The minimum atomic E-state index is -2.95.